The molecule has 0 saturated heterocycles. The van der Waals surface area contributed by atoms with Gasteiger partial charge in [-0.05, 0) is 31.1 Å². The Morgan fingerprint density at radius 1 is 1.05 bits per heavy atom. The number of rotatable bonds is 12. The van der Waals surface area contributed by atoms with Crippen LogP contribution in [0.4, 0.5) is 0 Å². The summed E-state index contributed by atoms with van der Waals surface area (Å²) in [5.41, 5.74) is 6.53. The summed E-state index contributed by atoms with van der Waals surface area (Å²) in [7, 11) is 0. The fourth-order valence-electron chi connectivity index (χ4n) is 1.72. The van der Waals surface area contributed by atoms with Crippen molar-refractivity contribution in [1.29, 1.82) is 0 Å². The maximum Gasteiger partial charge on any atom is 0.0787 e. The smallest absolute Gasteiger partial charge is 0.0787 e. The molecule has 0 aliphatic heterocycles. The van der Waals surface area contributed by atoms with Gasteiger partial charge in [0.2, 0.25) is 0 Å². The molecule has 2 atom stereocenters. The second-order valence-electron chi connectivity index (χ2n) is 6.67. The highest BCUT2D eigenvalue weighted by atomic mass is 16.7. The Balaban J connectivity index is 3.70. The first-order chi connectivity index (χ1) is 9.42. The van der Waals surface area contributed by atoms with E-state index in [1.807, 2.05) is 0 Å². The molecule has 0 spiro atoms. The van der Waals surface area contributed by atoms with E-state index in [1.54, 1.807) is 0 Å². The number of hydrogen-bond donors (Lipinski definition) is 2. The molecule has 122 valence electrons. The molecule has 0 aromatic rings. The monoisotopic (exact) mass is 288 g/mol. The number of nitrogens with one attached hydrogen (secondary N) is 2. The zero-order valence-electron chi connectivity index (χ0n) is 14.4. The van der Waals surface area contributed by atoms with E-state index in [1.165, 1.54) is 0 Å². The van der Waals surface area contributed by atoms with Crippen molar-refractivity contribution in [2.75, 3.05) is 13.2 Å². The van der Waals surface area contributed by atoms with Crippen LogP contribution in [0.5, 0.6) is 0 Å². The summed E-state index contributed by atoms with van der Waals surface area (Å²) in [5.74, 6) is 0. The van der Waals surface area contributed by atoms with Crippen LogP contribution in [0.1, 0.15) is 73.6 Å². The van der Waals surface area contributed by atoms with Crippen LogP contribution in [0, 0.1) is 5.41 Å². The normalized spacial score (nSPS) is 15.3. The molecular weight excluding hydrogens is 252 g/mol. The maximum atomic E-state index is 5.75. The molecule has 0 heterocycles. The molecule has 0 bridgehead atoms. The molecule has 2 N–H and O–H groups in total. The predicted molar refractivity (Wildman–Crippen MR) is 85.3 cm³/mol. The van der Waals surface area contributed by atoms with Gasteiger partial charge in [0.1, 0.15) is 0 Å². The highest BCUT2D eigenvalue weighted by Crippen LogP contribution is 2.17. The Bertz CT molecular complexity index is 217. The van der Waals surface area contributed by atoms with Crippen molar-refractivity contribution in [3.8, 4) is 0 Å². The van der Waals surface area contributed by atoms with Crippen LogP contribution in [0.15, 0.2) is 0 Å². The second kappa shape index (κ2) is 11.5. The summed E-state index contributed by atoms with van der Waals surface area (Å²) in [6, 6.07) is 0.288. The molecule has 0 aromatic heterocycles. The van der Waals surface area contributed by atoms with E-state index in [0.717, 1.165) is 45.3 Å². The minimum Gasteiger partial charge on any atom is -0.302 e. The highest BCUT2D eigenvalue weighted by molar-refractivity contribution is 4.63. The molecule has 0 aliphatic rings. The van der Waals surface area contributed by atoms with Crippen LogP contribution in [-0.4, -0.2) is 25.3 Å². The standard InChI is InChI=1S/C16H36N2O2/c1-7-10-15(9-3)20-18-14(8-2)13-17-19-12-11-16(4,5)6/h14-15,17-18H,7-13H2,1-6H3. The Kier molecular flexibility index (Phi) is 11.4. The molecule has 0 amide bonds. The summed E-state index contributed by atoms with van der Waals surface area (Å²) in [4.78, 5) is 11.2. The van der Waals surface area contributed by atoms with Gasteiger partial charge in [-0.2, -0.15) is 5.48 Å². The van der Waals surface area contributed by atoms with Crippen molar-refractivity contribution in [3.05, 3.63) is 0 Å². The zero-order chi connectivity index (χ0) is 15.4. The van der Waals surface area contributed by atoms with E-state index in [2.05, 4.69) is 52.5 Å². The Morgan fingerprint density at radius 3 is 2.25 bits per heavy atom. The third kappa shape index (κ3) is 11.6. The first-order valence-corrected chi connectivity index (χ1v) is 8.18. The van der Waals surface area contributed by atoms with Gasteiger partial charge in [0, 0.05) is 12.6 Å². The van der Waals surface area contributed by atoms with Gasteiger partial charge < -0.3 is 4.84 Å². The predicted octanol–water partition coefficient (Wildman–Crippen LogP) is 3.82. The summed E-state index contributed by atoms with van der Waals surface area (Å²) in [6.45, 7) is 14.7. The van der Waals surface area contributed by atoms with Crippen LogP contribution >= 0.6 is 0 Å². The van der Waals surface area contributed by atoms with Crippen molar-refractivity contribution in [2.24, 2.45) is 5.41 Å². The van der Waals surface area contributed by atoms with Crippen LogP contribution in [0.25, 0.3) is 0 Å². The molecule has 0 aliphatic carbocycles. The lowest BCUT2D eigenvalue weighted by Crippen LogP contribution is -2.40. The lowest BCUT2D eigenvalue weighted by molar-refractivity contribution is -0.0602. The van der Waals surface area contributed by atoms with E-state index >= 15 is 0 Å². The van der Waals surface area contributed by atoms with E-state index in [4.69, 9.17) is 9.68 Å². The first-order valence-electron chi connectivity index (χ1n) is 8.18. The molecule has 4 nitrogen and oxygen atoms in total. The molecule has 2 unspecified atom stereocenters. The Morgan fingerprint density at radius 2 is 1.75 bits per heavy atom. The maximum absolute atomic E-state index is 5.75. The van der Waals surface area contributed by atoms with Gasteiger partial charge in [0.25, 0.3) is 0 Å². The highest BCUT2D eigenvalue weighted by Gasteiger charge is 2.12. The average Bonchev–Trinajstić information content (AvgIpc) is 2.39. The second-order valence-corrected chi connectivity index (χ2v) is 6.67. The number of hydroxylamine groups is 2. The SMILES string of the molecule is CCCC(CC)ONC(CC)CNOCCC(C)(C)C. The first kappa shape index (κ1) is 19.8. The van der Waals surface area contributed by atoms with Crippen molar-refractivity contribution >= 4 is 0 Å². The van der Waals surface area contributed by atoms with Crippen molar-refractivity contribution in [1.82, 2.24) is 11.0 Å². The largest absolute Gasteiger partial charge is 0.302 e. The topological polar surface area (TPSA) is 42.5 Å². The van der Waals surface area contributed by atoms with Gasteiger partial charge in [-0.3, -0.25) is 4.84 Å². The van der Waals surface area contributed by atoms with Crippen LogP contribution in [0.3, 0.4) is 0 Å². The van der Waals surface area contributed by atoms with Crippen LogP contribution in [0.2, 0.25) is 0 Å². The fraction of sp³-hybridized carbons (Fsp3) is 1.00. The zero-order valence-corrected chi connectivity index (χ0v) is 14.4. The van der Waals surface area contributed by atoms with E-state index in [9.17, 15) is 0 Å². The molecule has 0 rings (SSSR count). The Hall–Kier alpha value is -0.160. The average molecular weight is 288 g/mol. The van der Waals surface area contributed by atoms with Crippen LogP contribution < -0.4 is 11.0 Å². The van der Waals surface area contributed by atoms with E-state index in [0.29, 0.717) is 11.5 Å². The quantitative estimate of drug-likeness (QED) is 0.423. The van der Waals surface area contributed by atoms with Crippen molar-refractivity contribution in [2.45, 2.75) is 85.8 Å². The van der Waals surface area contributed by atoms with Crippen LogP contribution in [-0.2, 0) is 9.68 Å². The molecule has 0 saturated carbocycles. The van der Waals surface area contributed by atoms with Crippen molar-refractivity contribution in [3.63, 3.8) is 0 Å². The summed E-state index contributed by atoms with van der Waals surface area (Å²) in [5, 5.41) is 0. The summed E-state index contributed by atoms with van der Waals surface area (Å²) in [6.07, 6.45) is 5.69. The minimum atomic E-state index is 0.288. The van der Waals surface area contributed by atoms with E-state index < -0.39 is 0 Å². The van der Waals surface area contributed by atoms with Gasteiger partial charge >= 0.3 is 0 Å². The molecule has 0 radical (unpaired) electrons. The molecule has 20 heavy (non-hydrogen) atoms. The lowest BCUT2D eigenvalue weighted by atomic mass is 9.93. The molecular formula is C16H36N2O2. The third-order valence-electron chi connectivity index (χ3n) is 3.35. The minimum absolute atomic E-state index is 0.288. The van der Waals surface area contributed by atoms with Gasteiger partial charge in [0.05, 0.1) is 12.7 Å². The van der Waals surface area contributed by atoms with Gasteiger partial charge in [-0.15, -0.1) is 0 Å². The molecule has 4 heteroatoms. The van der Waals surface area contributed by atoms with Gasteiger partial charge in [-0.1, -0.05) is 48.0 Å². The fourth-order valence-corrected chi connectivity index (χ4v) is 1.72. The van der Waals surface area contributed by atoms with Gasteiger partial charge in [0.15, 0.2) is 0 Å². The van der Waals surface area contributed by atoms with Gasteiger partial charge in [-0.25, -0.2) is 5.48 Å². The molecule has 0 fully saturated rings. The summed E-state index contributed by atoms with van der Waals surface area (Å²) >= 11 is 0. The Labute approximate surface area is 125 Å². The molecule has 0 aromatic carbocycles. The number of hydrogen-bond acceptors (Lipinski definition) is 4. The lowest BCUT2D eigenvalue weighted by Gasteiger charge is -2.22. The van der Waals surface area contributed by atoms with E-state index in [-0.39, 0.29) is 6.04 Å². The summed E-state index contributed by atoms with van der Waals surface area (Å²) < 4.78 is 0. The third-order valence-corrected chi connectivity index (χ3v) is 3.35. The van der Waals surface area contributed by atoms with Crippen molar-refractivity contribution < 1.29 is 9.68 Å².